The number of carbonyl (C=O) groups excluding carboxylic acids is 1. The fraction of sp³-hybridized carbons (Fsp3) is 0.286. The fourth-order valence-electron chi connectivity index (χ4n) is 1.57. The zero-order valence-corrected chi connectivity index (χ0v) is 13.3. The number of benzene rings is 1. The smallest absolute Gasteiger partial charge is 0.273 e. The molecule has 1 unspecified atom stereocenters. The molecule has 0 aliphatic carbocycles. The summed E-state index contributed by atoms with van der Waals surface area (Å²) < 4.78 is 5.18. The highest BCUT2D eigenvalue weighted by Gasteiger charge is 2.14. The molecule has 0 saturated carbocycles. The molecule has 2 aromatic rings. The second kappa shape index (κ2) is 8.02. The number of rotatable bonds is 5. The van der Waals surface area contributed by atoms with Crippen LogP contribution in [0.1, 0.15) is 17.4 Å². The first-order valence-corrected chi connectivity index (χ1v) is 6.66. The van der Waals surface area contributed by atoms with Crippen LogP contribution < -0.4 is 10.6 Å². The van der Waals surface area contributed by atoms with E-state index in [1.54, 1.807) is 18.2 Å². The normalized spacial score (nSPS) is 11.6. The van der Waals surface area contributed by atoms with Gasteiger partial charge in [0, 0.05) is 29.2 Å². The third-order valence-corrected chi connectivity index (χ3v) is 3.19. The Hall–Kier alpha value is -1.56. The van der Waals surface area contributed by atoms with E-state index < -0.39 is 0 Å². The molecular weight excluding hydrogens is 313 g/mol. The molecule has 1 amide bonds. The third-order valence-electron chi connectivity index (χ3n) is 2.93. The van der Waals surface area contributed by atoms with Crippen LogP contribution in [0.15, 0.2) is 34.9 Å². The highest BCUT2D eigenvalue weighted by atomic mass is 35.5. The lowest BCUT2D eigenvalue weighted by atomic mass is 10.1. The van der Waals surface area contributed by atoms with Crippen molar-refractivity contribution in [2.24, 2.45) is 0 Å². The predicted octanol–water partition coefficient (Wildman–Crippen LogP) is 2.75. The topological polar surface area (TPSA) is 67.2 Å². The van der Waals surface area contributed by atoms with Gasteiger partial charge in [-0.05, 0) is 38.2 Å². The fourth-order valence-corrected chi connectivity index (χ4v) is 1.70. The molecule has 114 valence electrons. The van der Waals surface area contributed by atoms with Crippen molar-refractivity contribution in [1.29, 1.82) is 0 Å². The van der Waals surface area contributed by atoms with E-state index in [1.807, 2.05) is 26.1 Å². The minimum absolute atomic E-state index is 0. The Labute approximate surface area is 134 Å². The van der Waals surface area contributed by atoms with Crippen LogP contribution in [-0.2, 0) is 0 Å². The Morgan fingerprint density at radius 1 is 1.38 bits per heavy atom. The monoisotopic (exact) mass is 329 g/mol. The van der Waals surface area contributed by atoms with Crippen LogP contribution in [0.3, 0.4) is 0 Å². The number of nitrogens with one attached hydrogen (secondary N) is 2. The zero-order valence-electron chi connectivity index (χ0n) is 11.7. The van der Waals surface area contributed by atoms with E-state index >= 15 is 0 Å². The maximum atomic E-state index is 11.9. The largest absolute Gasteiger partial charge is 0.355 e. The molecule has 0 aliphatic rings. The summed E-state index contributed by atoms with van der Waals surface area (Å²) in [4.78, 5) is 11.9. The van der Waals surface area contributed by atoms with Crippen molar-refractivity contribution in [2.75, 3.05) is 13.6 Å². The van der Waals surface area contributed by atoms with E-state index in [4.69, 9.17) is 16.1 Å². The Bertz CT molecular complexity index is 584. The summed E-state index contributed by atoms with van der Waals surface area (Å²) >= 11 is 5.82. The van der Waals surface area contributed by atoms with Crippen molar-refractivity contribution >= 4 is 29.9 Å². The van der Waals surface area contributed by atoms with Crippen LogP contribution in [-0.4, -0.2) is 30.7 Å². The molecule has 0 saturated heterocycles. The van der Waals surface area contributed by atoms with E-state index in [1.165, 1.54) is 0 Å². The summed E-state index contributed by atoms with van der Waals surface area (Å²) in [6.07, 6.45) is 0. The highest BCUT2D eigenvalue weighted by molar-refractivity contribution is 6.30. The number of aromatic nitrogens is 1. The summed E-state index contributed by atoms with van der Waals surface area (Å²) in [5.41, 5.74) is 1.09. The molecule has 5 nitrogen and oxygen atoms in total. The van der Waals surface area contributed by atoms with Gasteiger partial charge in [0.15, 0.2) is 11.5 Å². The van der Waals surface area contributed by atoms with Gasteiger partial charge in [0.25, 0.3) is 5.91 Å². The number of likely N-dealkylation sites (N-methyl/N-ethyl adjacent to an activating group) is 1. The first-order valence-electron chi connectivity index (χ1n) is 6.28. The van der Waals surface area contributed by atoms with Crippen molar-refractivity contribution in [3.63, 3.8) is 0 Å². The lowest BCUT2D eigenvalue weighted by Crippen LogP contribution is -2.37. The van der Waals surface area contributed by atoms with Crippen LogP contribution in [0.5, 0.6) is 0 Å². The summed E-state index contributed by atoms with van der Waals surface area (Å²) in [5.74, 6) is 0.282. The first kappa shape index (κ1) is 17.5. The highest BCUT2D eigenvalue weighted by Crippen LogP contribution is 2.22. The Morgan fingerprint density at radius 3 is 2.67 bits per heavy atom. The third kappa shape index (κ3) is 4.74. The average molecular weight is 330 g/mol. The molecule has 0 spiro atoms. The number of amides is 1. The van der Waals surface area contributed by atoms with E-state index in [0.717, 1.165) is 5.56 Å². The summed E-state index contributed by atoms with van der Waals surface area (Å²) in [7, 11) is 1.84. The number of hydrogen-bond donors (Lipinski definition) is 2. The van der Waals surface area contributed by atoms with Gasteiger partial charge in [-0.3, -0.25) is 4.79 Å². The molecule has 2 rings (SSSR count). The van der Waals surface area contributed by atoms with Crippen molar-refractivity contribution in [2.45, 2.75) is 13.0 Å². The molecule has 0 bridgehead atoms. The Morgan fingerprint density at radius 2 is 2.05 bits per heavy atom. The summed E-state index contributed by atoms with van der Waals surface area (Å²) in [5, 5.41) is 10.2. The first-order chi connectivity index (χ1) is 9.60. The van der Waals surface area contributed by atoms with Gasteiger partial charge >= 0.3 is 0 Å². The average Bonchev–Trinajstić information content (AvgIpc) is 2.95. The van der Waals surface area contributed by atoms with Gasteiger partial charge < -0.3 is 15.2 Å². The van der Waals surface area contributed by atoms with Crippen LogP contribution >= 0.6 is 24.0 Å². The molecule has 0 radical (unpaired) electrons. The number of nitrogens with zero attached hydrogens (tertiary/aromatic N) is 1. The van der Waals surface area contributed by atoms with E-state index in [2.05, 4.69) is 15.8 Å². The van der Waals surface area contributed by atoms with Gasteiger partial charge in [0.05, 0.1) is 0 Å². The molecule has 7 heteroatoms. The van der Waals surface area contributed by atoms with Crippen LogP contribution in [0.2, 0.25) is 5.02 Å². The molecule has 21 heavy (non-hydrogen) atoms. The minimum atomic E-state index is -0.254. The molecular formula is C14H17Cl2N3O2. The SMILES string of the molecule is CNC(C)CNC(=O)c1cc(-c2ccc(Cl)cc2)on1.Cl. The second-order valence-corrected chi connectivity index (χ2v) is 4.92. The molecule has 2 N–H and O–H groups in total. The van der Waals surface area contributed by atoms with Crippen LogP contribution in [0.4, 0.5) is 0 Å². The lowest BCUT2D eigenvalue weighted by Gasteiger charge is -2.09. The number of halogens is 2. The quantitative estimate of drug-likeness (QED) is 0.885. The maximum absolute atomic E-state index is 11.9. The van der Waals surface area contributed by atoms with Gasteiger partial charge in [-0.2, -0.15) is 0 Å². The van der Waals surface area contributed by atoms with Gasteiger partial charge in [-0.1, -0.05) is 16.8 Å². The molecule has 0 fully saturated rings. The maximum Gasteiger partial charge on any atom is 0.273 e. The second-order valence-electron chi connectivity index (χ2n) is 4.48. The van der Waals surface area contributed by atoms with Crippen LogP contribution in [0.25, 0.3) is 11.3 Å². The van der Waals surface area contributed by atoms with Crippen molar-refractivity contribution < 1.29 is 9.32 Å². The van der Waals surface area contributed by atoms with Crippen molar-refractivity contribution in [1.82, 2.24) is 15.8 Å². The Balaban J connectivity index is 0.00000220. The molecule has 1 atom stereocenters. The van der Waals surface area contributed by atoms with E-state index in [-0.39, 0.29) is 30.0 Å². The zero-order chi connectivity index (χ0) is 14.5. The van der Waals surface area contributed by atoms with Crippen molar-refractivity contribution in [3.8, 4) is 11.3 Å². The standard InChI is InChI=1S/C14H16ClN3O2.ClH/c1-9(16-2)8-17-14(19)12-7-13(20-18-12)10-3-5-11(15)6-4-10;/h3-7,9,16H,8H2,1-2H3,(H,17,19);1H. The Kier molecular flexibility index (Phi) is 6.68. The number of carbonyl (C=O) groups is 1. The van der Waals surface area contributed by atoms with Gasteiger partial charge in [-0.15, -0.1) is 12.4 Å². The van der Waals surface area contributed by atoms with E-state index in [0.29, 0.717) is 17.3 Å². The van der Waals surface area contributed by atoms with Gasteiger partial charge in [-0.25, -0.2) is 0 Å². The molecule has 1 heterocycles. The van der Waals surface area contributed by atoms with Crippen molar-refractivity contribution in [3.05, 3.63) is 41.0 Å². The van der Waals surface area contributed by atoms with Gasteiger partial charge in [0.1, 0.15) is 0 Å². The molecule has 0 aliphatic heterocycles. The summed E-state index contributed by atoms with van der Waals surface area (Å²) in [6, 6.07) is 8.95. The van der Waals surface area contributed by atoms with Gasteiger partial charge in [0.2, 0.25) is 0 Å². The van der Waals surface area contributed by atoms with E-state index in [9.17, 15) is 4.79 Å². The predicted molar refractivity (Wildman–Crippen MR) is 85.1 cm³/mol. The van der Waals surface area contributed by atoms with Crippen LogP contribution in [0, 0.1) is 0 Å². The molecule has 1 aromatic heterocycles. The number of hydrogen-bond acceptors (Lipinski definition) is 4. The minimum Gasteiger partial charge on any atom is -0.355 e. The molecule has 1 aromatic carbocycles. The lowest BCUT2D eigenvalue weighted by molar-refractivity contribution is 0.0941. The summed E-state index contributed by atoms with van der Waals surface area (Å²) in [6.45, 7) is 2.50.